The van der Waals surface area contributed by atoms with Gasteiger partial charge < -0.3 is 9.80 Å². The lowest BCUT2D eigenvalue weighted by Gasteiger charge is -2.31. The molecule has 1 atom stereocenters. The number of anilines is 6. The molecule has 0 aromatic heterocycles. The van der Waals surface area contributed by atoms with E-state index < -0.39 is 0 Å². The van der Waals surface area contributed by atoms with Crippen LogP contribution >= 0.6 is 0 Å². The minimum atomic E-state index is -0.360. The zero-order chi connectivity index (χ0) is 37.4. The van der Waals surface area contributed by atoms with Gasteiger partial charge in [0, 0.05) is 39.2 Å². The van der Waals surface area contributed by atoms with Crippen molar-refractivity contribution in [2.24, 2.45) is 0 Å². The van der Waals surface area contributed by atoms with Gasteiger partial charge in [-0.3, -0.25) is 0 Å². The van der Waals surface area contributed by atoms with E-state index in [2.05, 4.69) is 96.5 Å². The summed E-state index contributed by atoms with van der Waals surface area (Å²) in [6.45, 7) is 4.56. The molecule has 6 heteroatoms. The number of nitriles is 4. The van der Waals surface area contributed by atoms with E-state index in [9.17, 15) is 21.0 Å². The van der Waals surface area contributed by atoms with Gasteiger partial charge in [-0.05, 0) is 149 Å². The minimum absolute atomic E-state index is 0.360. The fraction of sp³-hybridized carbons (Fsp3) is 0.0833. The second kappa shape index (κ2) is 13.5. The van der Waals surface area contributed by atoms with Crippen molar-refractivity contribution in [2.75, 3.05) is 9.80 Å². The number of nitrogens with zero attached hydrogens (tertiary/aromatic N) is 6. The zero-order valence-corrected chi connectivity index (χ0v) is 29.7. The minimum Gasteiger partial charge on any atom is -0.310 e. The number of benzene rings is 7. The van der Waals surface area contributed by atoms with Crippen molar-refractivity contribution in [3.63, 3.8) is 0 Å². The number of fused-ring (bicyclic) bond motifs is 5. The summed E-state index contributed by atoms with van der Waals surface area (Å²) >= 11 is 0. The SMILES string of the molecule is CCC1(C)c2cc(N(c3ccc(C#N)cc3)c3ccc(C#N)cc3)ccc2-c2c1cc(N(c1ccc(C#N)cc1)c1ccc(C#N)cc1)c1ccccc21. The van der Waals surface area contributed by atoms with Gasteiger partial charge in [0.25, 0.3) is 0 Å². The van der Waals surface area contributed by atoms with E-state index in [1.807, 2.05) is 97.1 Å². The maximum Gasteiger partial charge on any atom is 0.0991 e. The first-order chi connectivity index (χ1) is 26.4. The Labute approximate surface area is 314 Å². The smallest absolute Gasteiger partial charge is 0.0991 e. The van der Waals surface area contributed by atoms with E-state index >= 15 is 0 Å². The van der Waals surface area contributed by atoms with Crippen molar-refractivity contribution in [2.45, 2.75) is 25.7 Å². The summed E-state index contributed by atoms with van der Waals surface area (Å²) < 4.78 is 0. The van der Waals surface area contributed by atoms with Crippen molar-refractivity contribution in [3.05, 3.63) is 179 Å². The molecular formula is C48H32N6. The Kier molecular flexibility index (Phi) is 8.37. The molecule has 254 valence electrons. The summed E-state index contributed by atoms with van der Waals surface area (Å²) in [4.78, 5) is 4.38. The Morgan fingerprint density at radius 3 is 1.30 bits per heavy atom. The zero-order valence-electron chi connectivity index (χ0n) is 29.7. The first-order valence-corrected chi connectivity index (χ1v) is 17.7. The fourth-order valence-corrected chi connectivity index (χ4v) is 7.75. The molecular weight excluding hydrogens is 661 g/mol. The van der Waals surface area contributed by atoms with Gasteiger partial charge in [-0.25, -0.2) is 0 Å². The Morgan fingerprint density at radius 2 is 0.870 bits per heavy atom. The van der Waals surface area contributed by atoms with E-state index in [1.165, 1.54) is 22.3 Å². The monoisotopic (exact) mass is 692 g/mol. The van der Waals surface area contributed by atoms with Crippen molar-refractivity contribution >= 4 is 44.9 Å². The van der Waals surface area contributed by atoms with Crippen LogP contribution in [0.1, 0.15) is 53.6 Å². The predicted molar refractivity (Wildman–Crippen MR) is 214 cm³/mol. The molecule has 1 aliphatic rings. The van der Waals surface area contributed by atoms with E-state index in [0.29, 0.717) is 22.3 Å². The van der Waals surface area contributed by atoms with E-state index in [1.54, 1.807) is 0 Å². The van der Waals surface area contributed by atoms with Gasteiger partial charge in [0.2, 0.25) is 0 Å². The Balaban J connectivity index is 1.35. The standard InChI is InChI=1S/C48H32N6/c1-3-48(2)44-26-40(53(36-16-8-32(28-49)9-17-36)37-18-10-33(29-50)11-19-37)24-25-43(44)47-42-7-5-4-6-41(42)46(27-45(47)48)54(38-20-12-34(30-51)13-21-38)39-22-14-35(31-52)15-23-39/h4-27H,3H2,1-2H3. The van der Waals surface area contributed by atoms with Crippen LogP contribution in [-0.4, -0.2) is 0 Å². The average Bonchev–Trinajstić information content (AvgIpc) is 3.49. The first kappa shape index (κ1) is 33.5. The van der Waals surface area contributed by atoms with Gasteiger partial charge in [-0.15, -0.1) is 0 Å². The Bertz CT molecular complexity index is 2620. The summed E-state index contributed by atoms with van der Waals surface area (Å²) in [5, 5.41) is 40.4. The van der Waals surface area contributed by atoms with Crippen LogP contribution in [0.3, 0.4) is 0 Å². The summed E-state index contributed by atoms with van der Waals surface area (Å²) in [5.74, 6) is 0. The van der Waals surface area contributed by atoms with Crippen LogP contribution in [0, 0.1) is 45.3 Å². The van der Waals surface area contributed by atoms with E-state index in [4.69, 9.17) is 0 Å². The molecule has 0 fully saturated rings. The quantitative estimate of drug-likeness (QED) is 0.165. The summed E-state index contributed by atoms with van der Waals surface area (Å²) in [6.07, 6.45) is 0.843. The van der Waals surface area contributed by atoms with Gasteiger partial charge in [0.15, 0.2) is 0 Å². The molecule has 0 amide bonds. The highest BCUT2D eigenvalue weighted by atomic mass is 15.1. The summed E-state index contributed by atoms with van der Waals surface area (Å²) in [7, 11) is 0. The molecule has 0 heterocycles. The van der Waals surface area contributed by atoms with Crippen molar-refractivity contribution < 1.29 is 0 Å². The Hall–Kier alpha value is -7.64. The molecule has 6 nitrogen and oxygen atoms in total. The first-order valence-electron chi connectivity index (χ1n) is 17.7. The molecule has 54 heavy (non-hydrogen) atoms. The van der Waals surface area contributed by atoms with Gasteiger partial charge in [-0.2, -0.15) is 21.0 Å². The molecule has 1 unspecified atom stereocenters. The van der Waals surface area contributed by atoms with E-state index in [0.717, 1.165) is 51.3 Å². The van der Waals surface area contributed by atoms with Gasteiger partial charge in [-0.1, -0.05) is 44.2 Å². The second-order valence-corrected chi connectivity index (χ2v) is 13.6. The van der Waals surface area contributed by atoms with Crippen LogP contribution in [0.5, 0.6) is 0 Å². The Morgan fingerprint density at radius 1 is 0.463 bits per heavy atom. The van der Waals surface area contributed by atoms with Crippen molar-refractivity contribution in [1.82, 2.24) is 0 Å². The summed E-state index contributed by atoms with van der Waals surface area (Å²) in [6, 6.07) is 56.8. The highest BCUT2D eigenvalue weighted by Crippen LogP contribution is 2.57. The number of hydrogen-bond donors (Lipinski definition) is 0. The van der Waals surface area contributed by atoms with Crippen molar-refractivity contribution in [1.29, 1.82) is 21.0 Å². The highest BCUT2D eigenvalue weighted by Gasteiger charge is 2.40. The molecule has 0 saturated carbocycles. The van der Waals surface area contributed by atoms with Crippen LogP contribution in [0.15, 0.2) is 146 Å². The van der Waals surface area contributed by atoms with Crippen LogP contribution in [-0.2, 0) is 5.41 Å². The molecule has 8 rings (SSSR count). The van der Waals surface area contributed by atoms with Crippen LogP contribution in [0.4, 0.5) is 34.1 Å². The van der Waals surface area contributed by atoms with E-state index in [-0.39, 0.29) is 5.41 Å². The lowest BCUT2D eigenvalue weighted by atomic mass is 9.77. The molecule has 7 aromatic rings. The largest absolute Gasteiger partial charge is 0.310 e. The molecule has 1 aliphatic carbocycles. The lowest BCUT2D eigenvalue weighted by molar-refractivity contribution is 0.565. The third kappa shape index (κ3) is 5.48. The third-order valence-corrected chi connectivity index (χ3v) is 10.7. The molecule has 0 radical (unpaired) electrons. The summed E-state index contributed by atoms with van der Waals surface area (Å²) in [5.41, 5.74) is 12.4. The number of rotatable bonds is 7. The van der Waals surface area contributed by atoms with Crippen LogP contribution < -0.4 is 9.80 Å². The van der Waals surface area contributed by atoms with Crippen LogP contribution in [0.25, 0.3) is 21.9 Å². The topological polar surface area (TPSA) is 102 Å². The fourth-order valence-electron chi connectivity index (χ4n) is 7.75. The predicted octanol–water partition coefficient (Wildman–Crippen LogP) is 12.0. The molecule has 0 saturated heterocycles. The normalized spacial score (nSPS) is 13.8. The molecule has 7 aromatic carbocycles. The second-order valence-electron chi connectivity index (χ2n) is 13.6. The highest BCUT2D eigenvalue weighted by molar-refractivity contribution is 6.10. The number of hydrogen-bond acceptors (Lipinski definition) is 6. The van der Waals surface area contributed by atoms with Gasteiger partial charge in [0.05, 0.1) is 52.2 Å². The molecule has 0 aliphatic heterocycles. The van der Waals surface area contributed by atoms with Crippen molar-refractivity contribution in [3.8, 4) is 35.4 Å². The molecule has 0 N–H and O–H groups in total. The maximum atomic E-state index is 9.58. The lowest BCUT2D eigenvalue weighted by Crippen LogP contribution is -2.21. The third-order valence-electron chi connectivity index (χ3n) is 10.7. The van der Waals surface area contributed by atoms with Crippen LogP contribution in [0.2, 0.25) is 0 Å². The van der Waals surface area contributed by atoms with Gasteiger partial charge in [0.1, 0.15) is 0 Å². The molecule has 0 bridgehead atoms. The maximum absolute atomic E-state index is 9.58. The van der Waals surface area contributed by atoms with Gasteiger partial charge >= 0.3 is 0 Å². The average molecular weight is 693 g/mol. The molecule has 0 spiro atoms.